The summed E-state index contributed by atoms with van der Waals surface area (Å²) in [5.41, 5.74) is 1.60. The molecule has 0 bridgehead atoms. The molecule has 2 nitrogen and oxygen atoms in total. The number of ketones is 1. The summed E-state index contributed by atoms with van der Waals surface area (Å²) in [6.07, 6.45) is 0.342. The van der Waals surface area contributed by atoms with Gasteiger partial charge in [0.1, 0.15) is 5.75 Å². The Morgan fingerprint density at radius 3 is 2.58 bits per heavy atom. The molecule has 0 aliphatic rings. The summed E-state index contributed by atoms with van der Waals surface area (Å²) < 4.78 is 5.50. The van der Waals surface area contributed by atoms with E-state index in [1.807, 2.05) is 43.3 Å². The van der Waals surface area contributed by atoms with Crippen molar-refractivity contribution in [3.05, 3.63) is 64.7 Å². The van der Waals surface area contributed by atoms with Crippen molar-refractivity contribution >= 4 is 17.4 Å². The average Bonchev–Trinajstić information content (AvgIpc) is 2.43. The molecule has 0 amide bonds. The highest BCUT2D eigenvalue weighted by Crippen LogP contribution is 2.18. The number of carbonyl (C=O) groups excluding carboxylic acids is 1. The normalized spacial score (nSPS) is 10.2. The van der Waals surface area contributed by atoms with E-state index in [4.69, 9.17) is 16.3 Å². The van der Waals surface area contributed by atoms with Crippen LogP contribution in [-0.2, 0) is 0 Å². The number of rotatable bonds is 5. The zero-order valence-electron chi connectivity index (χ0n) is 10.7. The van der Waals surface area contributed by atoms with Crippen LogP contribution in [0.2, 0.25) is 5.02 Å². The molecule has 0 aromatic heterocycles. The molecule has 2 aromatic carbocycles. The predicted octanol–water partition coefficient (Wildman–Crippen LogP) is 4.30. The second-order valence-electron chi connectivity index (χ2n) is 4.30. The lowest BCUT2D eigenvalue weighted by atomic mass is 10.1. The lowest BCUT2D eigenvalue weighted by molar-refractivity contribution is 0.0962. The van der Waals surface area contributed by atoms with Crippen LogP contribution in [0.15, 0.2) is 48.5 Å². The Morgan fingerprint density at radius 1 is 1.16 bits per heavy atom. The van der Waals surface area contributed by atoms with Gasteiger partial charge in [0.15, 0.2) is 5.78 Å². The second-order valence-corrected chi connectivity index (χ2v) is 4.71. The van der Waals surface area contributed by atoms with Crippen LogP contribution in [0, 0.1) is 6.92 Å². The molecule has 0 unspecified atom stereocenters. The minimum atomic E-state index is 0.0397. The maximum Gasteiger partial charge on any atom is 0.166 e. The van der Waals surface area contributed by atoms with Crippen LogP contribution in [0.4, 0.5) is 0 Å². The monoisotopic (exact) mass is 274 g/mol. The first kappa shape index (κ1) is 13.6. The summed E-state index contributed by atoms with van der Waals surface area (Å²) in [4.78, 5) is 12.0. The van der Waals surface area contributed by atoms with Gasteiger partial charge < -0.3 is 4.74 Å². The molecule has 3 heteroatoms. The van der Waals surface area contributed by atoms with Crippen molar-refractivity contribution in [2.75, 3.05) is 6.61 Å². The number of benzene rings is 2. The number of aryl methyl sites for hydroxylation is 1. The highest BCUT2D eigenvalue weighted by Gasteiger charge is 2.07. The van der Waals surface area contributed by atoms with E-state index in [-0.39, 0.29) is 5.78 Å². The van der Waals surface area contributed by atoms with Gasteiger partial charge in [0.2, 0.25) is 0 Å². The van der Waals surface area contributed by atoms with Crippen LogP contribution >= 0.6 is 11.6 Å². The number of ether oxygens (including phenoxy) is 1. The first-order chi connectivity index (χ1) is 9.16. The third-order valence-corrected chi connectivity index (χ3v) is 3.24. The Labute approximate surface area is 118 Å². The Balaban J connectivity index is 1.89. The number of para-hydroxylation sites is 1. The molecule has 0 saturated heterocycles. The molecule has 0 aliphatic heterocycles. The molecular weight excluding hydrogens is 260 g/mol. The Morgan fingerprint density at radius 2 is 1.89 bits per heavy atom. The van der Waals surface area contributed by atoms with Gasteiger partial charge >= 0.3 is 0 Å². The molecule has 0 aliphatic carbocycles. The van der Waals surface area contributed by atoms with Crippen molar-refractivity contribution in [1.29, 1.82) is 0 Å². The number of halogens is 1. The van der Waals surface area contributed by atoms with Crippen LogP contribution < -0.4 is 4.74 Å². The zero-order chi connectivity index (χ0) is 13.7. The molecular formula is C16H15ClO2. The number of carbonyl (C=O) groups is 1. The van der Waals surface area contributed by atoms with Gasteiger partial charge in [-0.1, -0.05) is 41.9 Å². The van der Waals surface area contributed by atoms with E-state index >= 15 is 0 Å². The van der Waals surface area contributed by atoms with Gasteiger partial charge in [0, 0.05) is 17.0 Å². The van der Waals surface area contributed by atoms with Gasteiger partial charge in [-0.25, -0.2) is 0 Å². The maximum absolute atomic E-state index is 12.0. The van der Waals surface area contributed by atoms with Gasteiger partial charge in [-0.3, -0.25) is 4.79 Å². The summed E-state index contributed by atoms with van der Waals surface area (Å²) in [6, 6.07) is 14.8. The Bertz CT molecular complexity index is 564. The van der Waals surface area contributed by atoms with E-state index in [1.54, 1.807) is 12.1 Å². The average molecular weight is 275 g/mol. The third-order valence-electron chi connectivity index (χ3n) is 2.83. The minimum Gasteiger partial charge on any atom is -0.493 e. The van der Waals surface area contributed by atoms with Crippen molar-refractivity contribution < 1.29 is 9.53 Å². The predicted molar refractivity (Wildman–Crippen MR) is 77.1 cm³/mol. The van der Waals surface area contributed by atoms with Crippen LogP contribution in [0.25, 0.3) is 0 Å². The van der Waals surface area contributed by atoms with E-state index < -0.39 is 0 Å². The molecule has 98 valence electrons. The molecule has 19 heavy (non-hydrogen) atoms. The number of hydrogen-bond donors (Lipinski definition) is 0. The molecule has 0 atom stereocenters. The third kappa shape index (κ3) is 3.83. The molecule has 2 aromatic rings. The summed E-state index contributed by atoms with van der Waals surface area (Å²) in [5.74, 6) is 0.815. The standard InChI is InChI=1S/C16H15ClO2/c1-12-7-8-13(11-15(12)17)16(18)9-10-19-14-5-3-2-4-6-14/h2-8,11H,9-10H2,1H3. The zero-order valence-corrected chi connectivity index (χ0v) is 11.5. The van der Waals surface area contributed by atoms with Gasteiger partial charge in [-0.2, -0.15) is 0 Å². The fraction of sp³-hybridized carbons (Fsp3) is 0.188. The van der Waals surface area contributed by atoms with Gasteiger partial charge in [-0.15, -0.1) is 0 Å². The largest absolute Gasteiger partial charge is 0.493 e. The maximum atomic E-state index is 12.0. The van der Waals surface area contributed by atoms with E-state index in [9.17, 15) is 4.79 Å². The molecule has 0 saturated carbocycles. The molecule has 0 heterocycles. The van der Waals surface area contributed by atoms with E-state index in [0.717, 1.165) is 11.3 Å². The highest BCUT2D eigenvalue weighted by molar-refractivity contribution is 6.31. The van der Waals surface area contributed by atoms with Crippen molar-refractivity contribution in [3.8, 4) is 5.75 Å². The molecule has 0 fully saturated rings. The Hall–Kier alpha value is -1.80. The van der Waals surface area contributed by atoms with Gasteiger partial charge in [-0.05, 0) is 30.7 Å². The minimum absolute atomic E-state index is 0.0397. The molecule has 2 rings (SSSR count). The highest BCUT2D eigenvalue weighted by atomic mass is 35.5. The summed E-state index contributed by atoms with van der Waals surface area (Å²) in [5, 5.41) is 0.620. The van der Waals surface area contributed by atoms with Crippen molar-refractivity contribution in [2.45, 2.75) is 13.3 Å². The van der Waals surface area contributed by atoms with Crippen LogP contribution in [0.5, 0.6) is 5.75 Å². The first-order valence-corrected chi connectivity index (χ1v) is 6.52. The SMILES string of the molecule is Cc1ccc(C(=O)CCOc2ccccc2)cc1Cl. The number of hydrogen-bond acceptors (Lipinski definition) is 2. The van der Waals surface area contributed by atoms with E-state index in [2.05, 4.69) is 0 Å². The fourth-order valence-corrected chi connectivity index (χ4v) is 1.87. The van der Waals surface area contributed by atoms with Crippen LogP contribution in [-0.4, -0.2) is 12.4 Å². The number of Topliss-reactive ketones (excluding diaryl/α,β-unsaturated/α-hetero) is 1. The van der Waals surface area contributed by atoms with E-state index in [0.29, 0.717) is 23.6 Å². The molecule has 0 N–H and O–H groups in total. The Kier molecular flexibility index (Phi) is 4.58. The summed E-state index contributed by atoms with van der Waals surface area (Å²) >= 11 is 6.00. The summed E-state index contributed by atoms with van der Waals surface area (Å²) in [6.45, 7) is 2.28. The quantitative estimate of drug-likeness (QED) is 0.760. The smallest absolute Gasteiger partial charge is 0.166 e. The van der Waals surface area contributed by atoms with Gasteiger partial charge in [0.05, 0.1) is 6.61 Å². The second kappa shape index (κ2) is 6.39. The molecule has 0 radical (unpaired) electrons. The van der Waals surface area contributed by atoms with Crippen molar-refractivity contribution in [1.82, 2.24) is 0 Å². The van der Waals surface area contributed by atoms with Crippen LogP contribution in [0.1, 0.15) is 22.3 Å². The van der Waals surface area contributed by atoms with Crippen molar-refractivity contribution in [3.63, 3.8) is 0 Å². The first-order valence-electron chi connectivity index (χ1n) is 6.14. The van der Waals surface area contributed by atoms with Crippen LogP contribution in [0.3, 0.4) is 0 Å². The molecule has 0 spiro atoms. The fourth-order valence-electron chi connectivity index (χ4n) is 1.69. The lowest BCUT2D eigenvalue weighted by Crippen LogP contribution is -2.06. The summed E-state index contributed by atoms with van der Waals surface area (Å²) in [7, 11) is 0. The van der Waals surface area contributed by atoms with Gasteiger partial charge in [0.25, 0.3) is 0 Å². The lowest BCUT2D eigenvalue weighted by Gasteiger charge is -2.06. The van der Waals surface area contributed by atoms with E-state index in [1.165, 1.54) is 0 Å². The topological polar surface area (TPSA) is 26.3 Å². The van der Waals surface area contributed by atoms with Crippen molar-refractivity contribution in [2.24, 2.45) is 0 Å².